The van der Waals surface area contributed by atoms with Crippen LogP contribution in [0, 0.1) is 23.3 Å². The molecule has 440 valence electrons. The van der Waals surface area contributed by atoms with Crippen LogP contribution >= 0.6 is 24.0 Å². The summed E-state index contributed by atoms with van der Waals surface area (Å²) < 4.78 is 71.5. The summed E-state index contributed by atoms with van der Waals surface area (Å²) in [5.41, 5.74) is 8.69. The van der Waals surface area contributed by atoms with E-state index in [0.717, 1.165) is 72.3 Å². The molecule has 0 aliphatic heterocycles. The third-order valence-corrected chi connectivity index (χ3v) is 14.6. The van der Waals surface area contributed by atoms with Crippen molar-refractivity contribution in [1.29, 1.82) is 0 Å². The highest BCUT2D eigenvalue weighted by molar-refractivity contribution is 6.32. The van der Waals surface area contributed by atoms with Gasteiger partial charge in [0, 0.05) is 100 Å². The van der Waals surface area contributed by atoms with Crippen LogP contribution in [0.3, 0.4) is 0 Å². The van der Waals surface area contributed by atoms with Gasteiger partial charge in [-0.2, -0.15) is 0 Å². The number of nitrogens with two attached hydrogens (primary N) is 1. The second-order valence-electron chi connectivity index (χ2n) is 21.2. The Balaban J connectivity index is 0.000000149. The molecule has 3 saturated carbocycles. The summed E-state index contributed by atoms with van der Waals surface area (Å²) in [6.07, 6.45) is 9.34. The van der Waals surface area contributed by atoms with E-state index in [1.54, 1.807) is 61.8 Å². The van der Waals surface area contributed by atoms with Crippen molar-refractivity contribution in [2.24, 2.45) is 26.9 Å². The number of carbonyl (C=O) groups is 2. The molecule has 0 spiro atoms. The van der Waals surface area contributed by atoms with E-state index in [9.17, 15) is 41.5 Å². The number of fused-ring (bicyclic) bond motifs is 4. The van der Waals surface area contributed by atoms with Crippen molar-refractivity contribution in [3.05, 3.63) is 139 Å². The fraction of sp³-hybridized carbons (Fsp3) is 0.389. The first-order valence-electron chi connectivity index (χ1n) is 25.9. The summed E-state index contributed by atoms with van der Waals surface area (Å²) in [4.78, 5) is 85.6. The molecular weight excluding hydrogens is 1130 g/mol. The molecule has 3 aliphatic rings. The number of alkyl carbamates (subject to hydrolysis) is 1. The Hall–Kier alpha value is -8.43. The molecule has 83 heavy (non-hydrogen) atoms. The molecule has 0 radical (unpaired) electrons. The van der Waals surface area contributed by atoms with Gasteiger partial charge in [-0.1, -0.05) is 29.8 Å². The number of hydrogen-bond donors (Lipinski definition) is 3. The molecule has 0 unspecified atom stereocenters. The molecule has 8 aromatic heterocycles. The zero-order chi connectivity index (χ0) is 59.1. The fourth-order valence-corrected chi connectivity index (χ4v) is 10.1. The van der Waals surface area contributed by atoms with Gasteiger partial charge in [0.05, 0.1) is 59.7 Å². The highest BCUT2D eigenvalue weighted by Crippen LogP contribution is 2.36. The summed E-state index contributed by atoms with van der Waals surface area (Å²) in [5.74, 6) is -1.34. The fourth-order valence-electron chi connectivity index (χ4n) is 9.87. The van der Waals surface area contributed by atoms with Crippen LogP contribution in [0.5, 0.6) is 0 Å². The topological polar surface area (TPSA) is 264 Å². The van der Waals surface area contributed by atoms with Gasteiger partial charge in [0.2, 0.25) is 5.95 Å². The highest BCUT2D eigenvalue weighted by Gasteiger charge is 2.37. The van der Waals surface area contributed by atoms with Gasteiger partial charge in [0.1, 0.15) is 28.9 Å². The highest BCUT2D eigenvalue weighted by atomic mass is 35.5. The molecule has 3 fully saturated rings. The second kappa shape index (κ2) is 24.6. The zero-order valence-corrected chi connectivity index (χ0v) is 47.8. The minimum Gasteiger partial charge on any atom is -0.452 e. The quantitative estimate of drug-likeness (QED) is 0.102. The number of nitrogens with zero attached hydrogens (tertiary/aromatic N) is 13. The number of ether oxygens (including phenoxy) is 2. The molecule has 23 nitrogen and oxygen atoms in total. The molecule has 1 aromatic carbocycles. The minimum atomic E-state index is -0.640. The van der Waals surface area contributed by atoms with E-state index in [2.05, 4.69) is 45.3 Å². The molecule has 2 amide bonds. The van der Waals surface area contributed by atoms with Gasteiger partial charge in [-0.15, -0.1) is 12.4 Å². The van der Waals surface area contributed by atoms with Crippen molar-refractivity contribution in [3.63, 3.8) is 0 Å². The molecule has 0 saturated heterocycles. The normalized spacial score (nSPS) is 18.8. The first-order valence-corrected chi connectivity index (χ1v) is 26.3. The molecule has 3 aliphatic carbocycles. The number of imidazole rings is 3. The van der Waals surface area contributed by atoms with Crippen molar-refractivity contribution in [1.82, 2.24) is 62.6 Å². The molecule has 0 bridgehead atoms. The van der Waals surface area contributed by atoms with Gasteiger partial charge in [-0.3, -0.25) is 32.3 Å². The van der Waals surface area contributed by atoms with Gasteiger partial charge < -0.3 is 25.8 Å². The number of aryl methyl sites for hydroxylation is 3. The number of nitrogens with one attached hydrogen (secondary N) is 2. The van der Waals surface area contributed by atoms with Gasteiger partial charge in [-0.05, 0) is 65.4 Å². The minimum absolute atomic E-state index is 0. The van der Waals surface area contributed by atoms with Crippen LogP contribution in [0.25, 0.3) is 44.4 Å². The number of halogens is 6. The van der Waals surface area contributed by atoms with Crippen LogP contribution in [0.15, 0.2) is 93.9 Å². The lowest BCUT2D eigenvalue weighted by atomic mass is 9.86. The Kier molecular flexibility index (Phi) is 18.0. The smallest absolute Gasteiger partial charge is 0.413 e. The summed E-state index contributed by atoms with van der Waals surface area (Å²) >= 11 is 5.66. The Morgan fingerprint density at radius 3 is 1.55 bits per heavy atom. The maximum absolute atomic E-state index is 13.5. The molecule has 8 heterocycles. The van der Waals surface area contributed by atoms with Crippen molar-refractivity contribution in [2.75, 3.05) is 24.4 Å². The Morgan fingerprint density at radius 2 is 1.10 bits per heavy atom. The van der Waals surface area contributed by atoms with Crippen LogP contribution in [0.2, 0.25) is 5.15 Å². The number of pyridine rings is 4. The van der Waals surface area contributed by atoms with Gasteiger partial charge in [-0.25, -0.2) is 71.4 Å². The Morgan fingerprint density at radius 1 is 0.663 bits per heavy atom. The molecule has 9 aromatic rings. The standard InChI is InChI=1S/C19H17FN6O.C16H21FN4O3.C11H13FN4O.C8H8ClFN2O2.ClH/c1-25-16-6-12(20)10-21-17(16)26(19(25)27)14-7-13(8-14)23-18-22-9-11-4-2-3-5-15(11)24-18;1-16(2,3)24-14(22)19-10-6-11(7-10)21-13-12(20(4)15(21)23)5-9(17)8-18-13;1-15-9-2-6(12)5-14-10(9)16(11(15)17)8-3-7(13)4-8;1-12(8(13)14-2)6-3-5(10)4-11-7(6)9;/h2-6,9-10,13-14H,7-8H2,1H3,(H,22,23,24);5,8,10-11H,6-7H2,1-4H3,(H,19,22);2,5,7-8H,3-4,13H2,1H3;3-4H,1-2H3;1H. The number of amides is 2. The lowest BCUT2D eigenvalue weighted by molar-refractivity contribution is 0.0456. The van der Waals surface area contributed by atoms with Gasteiger partial charge in [0.15, 0.2) is 22.1 Å². The molecule has 12 rings (SSSR count). The number of rotatable bonds is 7. The first kappa shape index (κ1) is 60.7. The average Bonchev–Trinajstić information content (AvgIpc) is 2.62. The van der Waals surface area contributed by atoms with E-state index < -0.39 is 41.1 Å². The third-order valence-electron chi connectivity index (χ3n) is 14.3. The average molecular weight is 1190 g/mol. The number of para-hydroxylation sites is 1. The van der Waals surface area contributed by atoms with E-state index in [4.69, 9.17) is 22.1 Å². The summed E-state index contributed by atoms with van der Waals surface area (Å²) in [6, 6.07) is 13.2. The number of carbonyl (C=O) groups excluding carboxylic acids is 2. The number of aromatic nitrogens is 12. The maximum atomic E-state index is 13.5. The largest absolute Gasteiger partial charge is 0.452 e. The van der Waals surface area contributed by atoms with Crippen molar-refractivity contribution in [3.8, 4) is 0 Å². The number of benzene rings is 1. The third kappa shape index (κ3) is 13.0. The summed E-state index contributed by atoms with van der Waals surface area (Å²) in [6.45, 7) is 5.41. The van der Waals surface area contributed by atoms with E-state index in [-0.39, 0.29) is 76.6 Å². The predicted octanol–water partition coefficient (Wildman–Crippen LogP) is 7.77. The van der Waals surface area contributed by atoms with E-state index >= 15 is 0 Å². The maximum Gasteiger partial charge on any atom is 0.413 e. The number of anilines is 2. The van der Waals surface area contributed by atoms with Crippen LogP contribution < -0.4 is 38.3 Å². The summed E-state index contributed by atoms with van der Waals surface area (Å²) in [7, 11) is 7.49. The molecule has 29 heteroatoms. The van der Waals surface area contributed by atoms with Crippen LogP contribution in [0.1, 0.15) is 77.4 Å². The predicted molar refractivity (Wildman–Crippen MR) is 305 cm³/mol. The van der Waals surface area contributed by atoms with E-state index in [1.165, 1.54) is 46.1 Å². The SMILES string of the molecule is COC(=O)N(C)c1cc(F)cnc1Cl.Cl.Cn1c(=O)n(C2CC(N)C2)c2ncc(F)cc21.Cn1c(=O)n(C2CC(NC(=O)OC(C)(C)C)C2)c2ncc(F)cc21.Cn1c(=O)n(C2CC(Nc3ncc4ccccc4n3)C2)c2ncc(F)cc21. The molecule has 0 atom stereocenters. The lowest BCUT2D eigenvalue weighted by Crippen LogP contribution is -2.48. The number of hydrogen-bond acceptors (Lipinski definition) is 15. The van der Waals surface area contributed by atoms with Crippen LogP contribution in [0.4, 0.5) is 38.8 Å². The van der Waals surface area contributed by atoms with Crippen LogP contribution in [-0.2, 0) is 30.6 Å². The molecule has 4 N–H and O–H groups in total. The summed E-state index contributed by atoms with van der Waals surface area (Å²) in [5, 5.41) is 7.16. The van der Waals surface area contributed by atoms with E-state index in [0.29, 0.717) is 52.3 Å². The van der Waals surface area contributed by atoms with Crippen molar-refractivity contribution >= 4 is 92.2 Å². The Labute approximate surface area is 481 Å². The van der Waals surface area contributed by atoms with Gasteiger partial charge >= 0.3 is 29.3 Å². The first-order chi connectivity index (χ1) is 38.9. The zero-order valence-electron chi connectivity index (χ0n) is 46.3. The molecular formula is C54H60Cl2F4N16O7. The second-order valence-corrected chi connectivity index (χ2v) is 21.5. The van der Waals surface area contributed by atoms with Crippen molar-refractivity contribution < 1.29 is 36.6 Å². The Bertz CT molecular complexity index is 4070. The van der Waals surface area contributed by atoms with E-state index in [1.807, 2.05) is 24.3 Å². The number of methoxy groups -OCH3 is 1. The van der Waals surface area contributed by atoms with Crippen LogP contribution in [-0.4, -0.2) is 107 Å². The monoisotopic (exact) mass is 1190 g/mol. The van der Waals surface area contributed by atoms with Crippen molar-refractivity contribution in [2.45, 2.75) is 101 Å². The van der Waals surface area contributed by atoms with Gasteiger partial charge in [0.25, 0.3) is 0 Å². The lowest BCUT2D eigenvalue weighted by Gasteiger charge is -2.36.